The zero-order chi connectivity index (χ0) is 28.0. The lowest BCUT2D eigenvalue weighted by molar-refractivity contribution is -0.174. The second kappa shape index (κ2) is 11.7. The van der Waals surface area contributed by atoms with Crippen molar-refractivity contribution in [3.8, 4) is 11.4 Å². The van der Waals surface area contributed by atoms with Gasteiger partial charge < -0.3 is 10.1 Å². The van der Waals surface area contributed by atoms with Gasteiger partial charge in [0, 0.05) is 11.8 Å². The van der Waals surface area contributed by atoms with E-state index in [1.54, 1.807) is 42.5 Å². The fourth-order valence-electron chi connectivity index (χ4n) is 3.57. The summed E-state index contributed by atoms with van der Waals surface area (Å²) in [6, 6.07) is 11.0. The SMILES string of the molecule is COC(=O)N(c1ccccn1)c1cnc(-c2ccccc2)n(CC(=O)NC(C(=O)C(F)(F)F)C(C)C)c1=O. The van der Waals surface area contributed by atoms with Crippen molar-refractivity contribution in [1.82, 2.24) is 19.9 Å². The second-order valence-electron chi connectivity index (χ2n) is 8.37. The van der Waals surface area contributed by atoms with E-state index in [1.165, 1.54) is 26.1 Å². The Morgan fingerprint density at radius 1 is 1.05 bits per heavy atom. The van der Waals surface area contributed by atoms with Gasteiger partial charge in [0.1, 0.15) is 23.9 Å². The maximum absolute atomic E-state index is 13.7. The van der Waals surface area contributed by atoms with Gasteiger partial charge in [-0.2, -0.15) is 13.2 Å². The molecule has 0 bridgehead atoms. The molecule has 2 heterocycles. The number of hydrogen-bond acceptors (Lipinski definition) is 7. The van der Waals surface area contributed by atoms with Crippen molar-refractivity contribution in [3.63, 3.8) is 0 Å². The number of nitrogens with one attached hydrogen (secondary N) is 1. The van der Waals surface area contributed by atoms with Crippen molar-refractivity contribution >= 4 is 29.3 Å². The molecule has 0 saturated heterocycles. The van der Waals surface area contributed by atoms with Gasteiger partial charge >= 0.3 is 12.3 Å². The van der Waals surface area contributed by atoms with Gasteiger partial charge in [0.05, 0.1) is 19.3 Å². The van der Waals surface area contributed by atoms with Crippen LogP contribution >= 0.6 is 0 Å². The number of nitrogens with zero attached hydrogens (tertiary/aromatic N) is 4. The molecule has 2 aromatic heterocycles. The topological polar surface area (TPSA) is 123 Å². The molecule has 0 saturated carbocycles. The first-order chi connectivity index (χ1) is 18.0. The lowest BCUT2D eigenvalue weighted by atomic mass is 9.99. The van der Waals surface area contributed by atoms with Crippen LogP contribution < -0.4 is 15.8 Å². The number of halogens is 3. The van der Waals surface area contributed by atoms with Crippen LogP contribution in [0.15, 0.2) is 65.7 Å². The van der Waals surface area contributed by atoms with E-state index in [2.05, 4.69) is 15.3 Å². The second-order valence-corrected chi connectivity index (χ2v) is 8.37. The zero-order valence-electron chi connectivity index (χ0n) is 20.6. The van der Waals surface area contributed by atoms with Crippen molar-refractivity contribution in [1.29, 1.82) is 0 Å². The fourth-order valence-corrected chi connectivity index (χ4v) is 3.57. The highest BCUT2D eigenvalue weighted by Crippen LogP contribution is 2.24. The molecule has 0 aliphatic rings. The number of benzene rings is 1. The van der Waals surface area contributed by atoms with Gasteiger partial charge in [0.2, 0.25) is 5.91 Å². The quantitative estimate of drug-likeness (QED) is 0.472. The van der Waals surface area contributed by atoms with Gasteiger partial charge in [0.25, 0.3) is 11.3 Å². The molecule has 0 fully saturated rings. The van der Waals surface area contributed by atoms with Crippen LogP contribution in [0.4, 0.5) is 29.5 Å². The molecule has 2 amide bonds. The smallest absolute Gasteiger partial charge is 0.452 e. The van der Waals surface area contributed by atoms with E-state index in [9.17, 15) is 32.3 Å². The number of aromatic nitrogens is 3. The first-order valence-electron chi connectivity index (χ1n) is 11.3. The predicted octanol–water partition coefficient (Wildman–Crippen LogP) is 3.48. The Bertz CT molecular complexity index is 1360. The summed E-state index contributed by atoms with van der Waals surface area (Å²) >= 11 is 0. The molecule has 200 valence electrons. The molecule has 0 aliphatic carbocycles. The Hall–Kier alpha value is -4.55. The monoisotopic (exact) mass is 531 g/mol. The highest BCUT2D eigenvalue weighted by Gasteiger charge is 2.45. The van der Waals surface area contributed by atoms with Crippen LogP contribution in [0.2, 0.25) is 0 Å². The number of carbonyl (C=O) groups is 3. The maximum Gasteiger partial charge on any atom is 0.452 e. The number of rotatable bonds is 8. The maximum atomic E-state index is 13.7. The summed E-state index contributed by atoms with van der Waals surface area (Å²) in [6.07, 6.45) is -3.65. The highest BCUT2D eigenvalue weighted by molar-refractivity contribution is 5.95. The molecule has 1 aromatic carbocycles. The first-order valence-corrected chi connectivity index (χ1v) is 11.3. The number of amides is 2. The Kier molecular flexibility index (Phi) is 8.61. The summed E-state index contributed by atoms with van der Waals surface area (Å²) in [5.41, 5.74) is -0.790. The van der Waals surface area contributed by atoms with Crippen LogP contribution in [-0.2, 0) is 20.9 Å². The van der Waals surface area contributed by atoms with Gasteiger partial charge in [-0.05, 0) is 18.1 Å². The number of Topliss-reactive ketones (excluding diaryl/α,β-unsaturated/α-hetero) is 1. The normalized spacial score (nSPS) is 12.1. The minimum atomic E-state index is -5.17. The zero-order valence-corrected chi connectivity index (χ0v) is 20.6. The van der Waals surface area contributed by atoms with E-state index >= 15 is 0 Å². The molecule has 0 radical (unpaired) electrons. The van der Waals surface area contributed by atoms with E-state index in [4.69, 9.17) is 4.74 Å². The van der Waals surface area contributed by atoms with E-state index < -0.39 is 48.0 Å². The van der Waals surface area contributed by atoms with Crippen molar-refractivity contribution in [2.75, 3.05) is 12.0 Å². The Balaban J connectivity index is 2.11. The van der Waals surface area contributed by atoms with Crippen LogP contribution in [0.3, 0.4) is 0 Å². The molecule has 1 unspecified atom stereocenters. The number of ether oxygens (including phenoxy) is 1. The third kappa shape index (κ3) is 6.22. The minimum absolute atomic E-state index is 0.00332. The summed E-state index contributed by atoms with van der Waals surface area (Å²) in [7, 11) is 1.10. The lowest BCUT2D eigenvalue weighted by Crippen LogP contribution is -2.51. The number of alkyl halides is 3. The Labute approximate surface area is 215 Å². The third-order valence-corrected chi connectivity index (χ3v) is 5.38. The van der Waals surface area contributed by atoms with Crippen molar-refractivity contribution in [3.05, 3.63) is 71.3 Å². The molecular weight excluding hydrogens is 507 g/mol. The molecule has 3 aromatic rings. The minimum Gasteiger partial charge on any atom is -0.452 e. The van der Waals surface area contributed by atoms with Crippen molar-refractivity contribution < 1.29 is 32.3 Å². The molecule has 3 rings (SSSR count). The predicted molar refractivity (Wildman–Crippen MR) is 131 cm³/mol. The van der Waals surface area contributed by atoms with Crippen molar-refractivity contribution in [2.45, 2.75) is 32.6 Å². The summed E-state index contributed by atoms with van der Waals surface area (Å²) < 4.78 is 44.9. The van der Waals surface area contributed by atoms with Crippen LogP contribution in [0, 0.1) is 5.92 Å². The average Bonchev–Trinajstić information content (AvgIpc) is 2.89. The van der Waals surface area contributed by atoms with Gasteiger partial charge in [-0.3, -0.25) is 19.0 Å². The van der Waals surface area contributed by atoms with E-state index in [0.29, 0.717) is 5.56 Å². The average molecular weight is 531 g/mol. The lowest BCUT2D eigenvalue weighted by Gasteiger charge is -2.24. The largest absolute Gasteiger partial charge is 0.452 e. The molecule has 0 spiro atoms. The third-order valence-electron chi connectivity index (χ3n) is 5.38. The summed E-state index contributed by atoms with van der Waals surface area (Å²) in [4.78, 5) is 60.2. The Morgan fingerprint density at radius 3 is 2.26 bits per heavy atom. The summed E-state index contributed by atoms with van der Waals surface area (Å²) in [5, 5.41) is 2.08. The molecule has 1 atom stereocenters. The van der Waals surface area contributed by atoms with Crippen LogP contribution in [0.25, 0.3) is 11.4 Å². The summed E-state index contributed by atoms with van der Waals surface area (Å²) in [5.74, 6) is -4.01. The van der Waals surface area contributed by atoms with Crippen LogP contribution in [0.5, 0.6) is 0 Å². The number of hydrogen-bond donors (Lipinski definition) is 1. The standard InChI is InChI=1S/C25H24F3N5O5/c1-15(2)20(21(35)25(26,27)28)31-19(34)14-32-22(16-9-5-4-6-10-16)30-13-17(23(32)36)33(24(37)38-3)18-11-7-8-12-29-18/h4-13,15,20H,14H2,1-3H3,(H,31,34). The number of methoxy groups -OCH3 is 1. The fraction of sp³-hybridized carbons (Fsp3) is 0.280. The van der Waals surface area contributed by atoms with Gasteiger partial charge in [0.15, 0.2) is 0 Å². The first kappa shape index (κ1) is 28.0. The van der Waals surface area contributed by atoms with Crippen molar-refractivity contribution in [2.24, 2.45) is 5.92 Å². The molecule has 0 aliphatic heterocycles. The van der Waals surface area contributed by atoms with E-state index in [1.807, 2.05) is 0 Å². The highest BCUT2D eigenvalue weighted by atomic mass is 19.4. The Morgan fingerprint density at radius 2 is 1.71 bits per heavy atom. The number of ketones is 1. The van der Waals surface area contributed by atoms with Crippen LogP contribution in [-0.4, -0.2) is 51.6 Å². The number of pyridine rings is 1. The molecule has 10 nitrogen and oxygen atoms in total. The van der Waals surface area contributed by atoms with Gasteiger partial charge in [-0.1, -0.05) is 50.2 Å². The van der Waals surface area contributed by atoms with Gasteiger partial charge in [-0.25, -0.2) is 19.7 Å². The molecule has 38 heavy (non-hydrogen) atoms. The summed E-state index contributed by atoms with van der Waals surface area (Å²) in [6.45, 7) is 1.90. The van der Waals surface area contributed by atoms with E-state index in [0.717, 1.165) is 22.8 Å². The molecule has 13 heteroatoms. The molecular formula is C25H24F3N5O5. The number of anilines is 2. The van der Waals surface area contributed by atoms with E-state index in [-0.39, 0.29) is 17.3 Å². The molecule has 1 N–H and O–H groups in total. The van der Waals surface area contributed by atoms with Crippen LogP contribution in [0.1, 0.15) is 13.8 Å². The van der Waals surface area contributed by atoms with Gasteiger partial charge in [-0.15, -0.1) is 0 Å². The number of carbonyl (C=O) groups excluding carboxylic acids is 3.